The van der Waals surface area contributed by atoms with Gasteiger partial charge in [-0.1, -0.05) is 13.8 Å². The molecule has 0 aromatic carbocycles. The highest BCUT2D eigenvalue weighted by atomic mass is 32.2. The Hall–Kier alpha value is -1.34. The molecule has 3 N–H and O–H groups in total. The van der Waals surface area contributed by atoms with Gasteiger partial charge in [-0.3, -0.25) is 0 Å². The van der Waals surface area contributed by atoms with Gasteiger partial charge in [-0.25, -0.2) is 17.9 Å². The Balaban J connectivity index is 3.26. The van der Waals surface area contributed by atoms with Crippen LogP contribution in [-0.4, -0.2) is 30.5 Å². The summed E-state index contributed by atoms with van der Waals surface area (Å²) in [5, 5.41) is 8.99. The van der Waals surface area contributed by atoms with Crippen LogP contribution in [0.4, 0.5) is 0 Å². The van der Waals surface area contributed by atoms with Crippen LogP contribution >= 0.6 is 0 Å². The highest BCUT2D eigenvalue weighted by Crippen LogP contribution is 2.23. The van der Waals surface area contributed by atoms with E-state index in [1.54, 1.807) is 13.8 Å². The molecule has 0 fully saturated rings. The van der Waals surface area contributed by atoms with E-state index in [0.29, 0.717) is 5.69 Å². The van der Waals surface area contributed by atoms with E-state index in [0.717, 1.165) is 0 Å². The van der Waals surface area contributed by atoms with Crippen LogP contribution in [0.1, 0.15) is 42.5 Å². The maximum absolute atomic E-state index is 12.3. The first kappa shape index (κ1) is 15.7. The predicted molar refractivity (Wildman–Crippen MR) is 71.8 cm³/mol. The lowest BCUT2D eigenvalue weighted by atomic mass is 10.1. The lowest BCUT2D eigenvalue weighted by molar-refractivity contribution is 0.0690. The quantitative estimate of drug-likeness (QED) is 0.767. The molecule has 0 aliphatic heterocycles. The molecule has 1 aromatic rings. The molecule has 1 aromatic heterocycles. The fourth-order valence-electron chi connectivity index (χ4n) is 1.79. The lowest BCUT2D eigenvalue weighted by Crippen LogP contribution is -2.36. The summed E-state index contributed by atoms with van der Waals surface area (Å²) < 4.78 is 27.2. The zero-order valence-electron chi connectivity index (χ0n) is 11.7. The zero-order valence-corrected chi connectivity index (χ0v) is 12.6. The fourth-order valence-corrected chi connectivity index (χ4v) is 3.63. The molecule has 0 amide bonds. The summed E-state index contributed by atoms with van der Waals surface area (Å²) in [7, 11) is -3.72. The van der Waals surface area contributed by atoms with E-state index in [1.165, 1.54) is 6.92 Å². The van der Waals surface area contributed by atoms with Crippen LogP contribution < -0.4 is 4.72 Å². The van der Waals surface area contributed by atoms with Gasteiger partial charge in [0.1, 0.15) is 10.6 Å². The average Bonchev–Trinajstić information content (AvgIpc) is 2.53. The van der Waals surface area contributed by atoms with Crippen molar-refractivity contribution in [1.29, 1.82) is 0 Å². The largest absolute Gasteiger partial charge is 0.477 e. The fraction of sp³-hybridized carbons (Fsp3) is 0.583. The van der Waals surface area contributed by atoms with Crippen molar-refractivity contribution in [2.45, 2.75) is 45.6 Å². The zero-order chi connectivity index (χ0) is 15.0. The summed E-state index contributed by atoms with van der Waals surface area (Å²) in [4.78, 5) is 13.6. The maximum atomic E-state index is 12.3. The minimum atomic E-state index is -3.72. The second-order valence-corrected chi connectivity index (χ2v) is 6.69. The van der Waals surface area contributed by atoms with Crippen LogP contribution in [0.5, 0.6) is 0 Å². The monoisotopic (exact) mass is 288 g/mol. The number of carbonyl (C=O) groups is 1. The Labute approximate surface area is 113 Å². The Morgan fingerprint density at radius 2 is 1.79 bits per heavy atom. The molecule has 6 nitrogen and oxygen atoms in total. The van der Waals surface area contributed by atoms with Gasteiger partial charge in [-0.15, -0.1) is 0 Å². The van der Waals surface area contributed by atoms with Crippen LogP contribution in [0.2, 0.25) is 0 Å². The predicted octanol–water partition coefficient (Wildman–Crippen LogP) is 1.65. The first-order valence-corrected chi connectivity index (χ1v) is 7.51. The lowest BCUT2D eigenvalue weighted by Gasteiger charge is -2.17. The Kier molecular flexibility index (Phi) is 4.42. The Bertz CT molecular complexity index is 587. The van der Waals surface area contributed by atoms with E-state index in [9.17, 15) is 13.2 Å². The van der Waals surface area contributed by atoms with Crippen molar-refractivity contribution in [3.63, 3.8) is 0 Å². The number of rotatable bonds is 5. The van der Waals surface area contributed by atoms with Crippen LogP contribution in [0.3, 0.4) is 0 Å². The summed E-state index contributed by atoms with van der Waals surface area (Å²) in [6.45, 7) is 8.63. The van der Waals surface area contributed by atoms with Crippen molar-refractivity contribution in [1.82, 2.24) is 9.71 Å². The van der Waals surface area contributed by atoms with Crippen molar-refractivity contribution in [3.05, 3.63) is 17.0 Å². The van der Waals surface area contributed by atoms with Crippen molar-refractivity contribution in [2.24, 2.45) is 5.92 Å². The number of hydrogen-bond acceptors (Lipinski definition) is 3. The van der Waals surface area contributed by atoms with Crippen molar-refractivity contribution >= 4 is 16.0 Å². The number of hydrogen-bond donors (Lipinski definition) is 3. The molecule has 19 heavy (non-hydrogen) atoms. The molecule has 0 spiro atoms. The van der Waals surface area contributed by atoms with Gasteiger partial charge < -0.3 is 10.1 Å². The maximum Gasteiger partial charge on any atom is 0.352 e. The number of sulfonamides is 1. The smallest absolute Gasteiger partial charge is 0.352 e. The number of carboxylic acids is 1. The molecule has 108 valence electrons. The molecule has 1 unspecified atom stereocenters. The summed E-state index contributed by atoms with van der Waals surface area (Å²) >= 11 is 0. The Morgan fingerprint density at radius 3 is 2.16 bits per heavy atom. The summed E-state index contributed by atoms with van der Waals surface area (Å²) in [6, 6.07) is -0.230. The molecule has 1 heterocycles. The number of H-pyrrole nitrogens is 1. The van der Waals surface area contributed by atoms with E-state index < -0.39 is 16.0 Å². The van der Waals surface area contributed by atoms with Gasteiger partial charge in [-0.05, 0) is 26.7 Å². The van der Waals surface area contributed by atoms with E-state index in [-0.39, 0.29) is 28.1 Å². The standard InChI is InChI=1S/C12H20N2O4S/c1-6(2)8(4)14-19(17,18)11-7(3)10(12(15)16)13-9(11)5/h6,8,13-14H,1-5H3,(H,15,16). The second kappa shape index (κ2) is 5.34. The molecule has 0 aliphatic carbocycles. The van der Waals surface area contributed by atoms with Gasteiger partial charge >= 0.3 is 5.97 Å². The molecule has 0 saturated heterocycles. The number of aromatic nitrogens is 1. The number of aryl methyl sites for hydroxylation is 1. The third kappa shape index (κ3) is 3.16. The summed E-state index contributed by atoms with van der Waals surface area (Å²) in [5.74, 6) is -1.02. The Morgan fingerprint density at radius 1 is 1.26 bits per heavy atom. The van der Waals surface area contributed by atoms with E-state index in [2.05, 4.69) is 9.71 Å². The van der Waals surface area contributed by atoms with E-state index >= 15 is 0 Å². The molecule has 1 atom stereocenters. The van der Waals surface area contributed by atoms with Crippen molar-refractivity contribution in [3.8, 4) is 0 Å². The highest BCUT2D eigenvalue weighted by Gasteiger charge is 2.28. The van der Waals surface area contributed by atoms with Gasteiger partial charge in [-0.2, -0.15) is 0 Å². The van der Waals surface area contributed by atoms with Crippen molar-refractivity contribution in [2.75, 3.05) is 0 Å². The van der Waals surface area contributed by atoms with Crippen molar-refractivity contribution < 1.29 is 18.3 Å². The molecule has 1 rings (SSSR count). The van der Waals surface area contributed by atoms with Gasteiger partial charge in [0.2, 0.25) is 10.0 Å². The third-order valence-electron chi connectivity index (χ3n) is 3.19. The molecule has 0 bridgehead atoms. The first-order chi connectivity index (χ1) is 8.58. The third-order valence-corrected chi connectivity index (χ3v) is 5.02. The molecular formula is C12H20N2O4S. The molecular weight excluding hydrogens is 268 g/mol. The van der Waals surface area contributed by atoms with Crippen LogP contribution in [0.25, 0.3) is 0 Å². The minimum Gasteiger partial charge on any atom is -0.477 e. The molecule has 0 saturated carbocycles. The summed E-state index contributed by atoms with van der Waals surface area (Å²) in [6.07, 6.45) is 0. The minimum absolute atomic E-state index is 0.0254. The van der Waals surface area contributed by atoms with E-state index in [1.807, 2.05) is 13.8 Å². The average molecular weight is 288 g/mol. The normalized spacial score (nSPS) is 13.8. The number of aromatic carboxylic acids is 1. The number of carboxylic acid groups (broad SMARTS) is 1. The van der Waals surface area contributed by atoms with Crippen LogP contribution in [0, 0.1) is 19.8 Å². The second-order valence-electron chi connectivity index (χ2n) is 5.04. The van der Waals surface area contributed by atoms with Gasteiger partial charge in [0.25, 0.3) is 0 Å². The van der Waals surface area contributed by atoms with Gasteiger partial charge in [0.15, 0.2) is 0 Å². The SMILES string of the molecule is Cc1[nH]c(C(=O)O)c(C)c1S(=O)(=O)NC(C)C(C)C. The molecule has 0 aliphatic rings. The van der Waals surface area contributed by atoms with Gasteiger partial charge in [0, 0.05) is 17.3 Å². The number of aromatic amines is 1. The summed E-state index contributed by atoms with van der Waals surface area (Å²) in [5.41, 5.74) is 0.474. The topological polar surface area (TPSA) is 99.3 Å². The highest BCUT2D eigenvalue weighted by molar-refractivity contribution is 7.89. The van der Waals surface area contributed by atoms with E-state index in [4.69, 9.17) is 5.11 Å². The molecule has 0 radical (unpaired) electrons. The number of nitrogens with one attached hydrogen (secondary N) is 2. The first-order valence-electron chi connectivity index (χ1n) is 6.02. The molecule has 7 heteroatoms. The van der Waals surface area contributed by atoms with Crippen LogP contribution in [-0.2, 0) is 10.0 Å². The van der Waals surface area contributed by atoms with Crippen LogP contribution in [0.15, 0.2) is 4.90 Å². The van der Waals surface area contributed by atoms with Gasteiger partial charge in [0.05, 0.1) is 0 Å².